The Labute approximate surface area is 204 Å². The highest BCUT2D eigenvalue weighted by Crippen LogP contribution is 2.36. The normalized spacial score (nSPS) is 12.2. The highest BCUT2D eigenvalue weighted by Gasteiger charge is 2.11. The molecule has 0 radical (unpaired) electrons. The summed E-state index contributed by atoms with van der Waals surface area (Å²) in [6.07, 6.45) is 4.98. The molecule has 7 nitrogen and oxygen atoms in total. The van der Waals surface area contributed by atoms with Gasteiger partial charge in [-0.05, 0) is 40.3 Å². The minimum Gasteiger partial charge on any atom is -0.489 e. The van der Waals surface area contributed by atoms with Crippen molar-refractivity contribution in [1.82, 2.24) is 0 Å². The quantitative estimate of drug-likeness (QED) is 0.172. The molecule has 0 spiro atoms. The van der Waals surface area contributed by atoms with Gasteiger partial charge in [0.15, 0.2) is 5.96 Å². The van der Waals surface area contributed by atoms with Crippen LogP contribution in [0.2, 0.25) is 0 Å². The average molecular weight is 488 g/mol. The Morgan fingerprint density at radius 2 is 1.63 bits per heavy atom. The fraction of sp³-hybridized carbons (Fsp3) is 0.0741. The number of aliphatic imine (C=N–C) groups is 1. The SMILES string of the molecule is CS(=O)(=O)O.NC(=Nc1ccc2c3c(cccc13)C=C2)Nc1cccc(OCc2ccccc2)c1. The van der Waals surface area contributed by atoms with Crippen LogP contribution in [0.5, 0.6) is 5.75 Å². The van der Waals surface area contributed by atoms with Crippen LogP contribution in [0.15, 0.2) is 89.9 Å². The lowest BCUT2D eigenvalue weighted by Crippen LogP contribution is -2.21. The fourth-order valence-corrected chi connectivity index (χ4v) is 3.71. The van der Waals surface area contributed by atoms with Gasteiger partial charge in [0.2, 0.25) is 0 Å². The number of rotatable bonds is 5. The second-order valence-electron chi connectivity index (χ2n) is 7.93. The highest BCUT2D eigenvalue weighted by molar-refractivity contribution is 7.85. The first-order valence-electron chi connectivity index (χ1n) is 10.8. The van der Waals surface area contributed by atoms with Gasteiger partial charge < -0.3 is 15.8 Å². The Kier molecular flexibility index (Phi) is 7.14. The van der Waals surface area contributed by atoms with Crippen molar-refractivity contribution in [2.75, 3.05) is 11.6 Å². The zero-order valence-corrected chi connectivity index (χ0v) is 19.9. The molecule has 0 aliphatic heterocycles. The molecule has 0 saturated carbocycles. The molecule has 35 heavy (non-hydrogen) atoms. The van der Waals surface area contributed by atoms with Crippen molar-refractivity contribution in [3.8, 4) is 5.75 Å². The summed E-state index contributed by atoms with van der Waals surface area (Å²) in [6.45, 7) is 0.516. The van der Waals surface area contributed by atoms with Crippen LogP contribution in [0.4, 0.5) is 11.4 Å². The number of ether oxygens (including phenoxy) is 1. The van der Waals surface area contributed by atoms with Gasteiger partial charge in [-0.3, -0.25) is 4.55 Å². The van der Waals surface area contributed by atoms with Crippen LogP contribution >= 0.6 is 0 Å². The molecule has 4 aromatic carbocycles. The van der Waals surface area contributed by atoms with Gasteiger partial charge in [0.05, 0.1) is 11.9 Å². The van der Waals surface area contributed by atoms with E-state index in [0.29, 0.717) is 18.8 Å². The Bertz CT molecular complexity index is 1490. The lowest BCUT2D eigenvalue weighted by molar-refractivity contribution is 0.306. The van der Waals surface area contributed by atoms with Crippen LogP contribution in [0.25, 0.3) is 22.9 Å². The zero-order valence-electron chi connectivity index (χ0n) is 19.0. The maximum absolute atomic E-state index is 9.19. The van der Waals surface area contributed by atoms with Crippen molar-refractivity contribution in [3.05, 3.63) is 102 Å². The van der Waals surface area contributed by atoms with Gasteiger partial charge >= 0.3 is 0 Å². The van der Waals surface area contributed by atoms with E-state index in [1.165, 1.54) is 16.5 Å². The maximum atomic E-state index is 9.19. The first-order chi connectivity index (χ1) is 16.8. The summed E-state index contributed by atoms with van der Waals surface area (Å²) in [5.41, 5.74) is 11.5. The lowest BCUT2D eigenvalue weighted by Gasteiger charge is -2.10. The van der Waals surface area contributed by atoms with E-state index >= 15 is 0 Å². The Morgan fingerprint density at radius 1 is 0.943 bits per heavy atom. The van der Waals surface area contributed by atoms with Gasteiger partial charge in [-0.15, -0.1) is 0 Å². The number of nitrogens with zero attached hydrogens (tertiary/aromatic N) is 1. The average Bonchev–Trinajstić information content (AvgIpc) is 3.24. The topological polar surface area (TPSA) is 114 Å². The second kappa shape index (κ2) is 10.4. The molecule has 4 N–H and O–H groups in total. The Balaban J connectivity index is 0.000000527. The van der Waals surface area contributed by atoms with Crippen molar-refractivity contribution in [2.45, 2.75) is 6.61 Å². The standard InChI is InChI=1S/C26H21N3O.CH4O3S/c27-26(29-24-15-14-20-13-12-19-8-4-11-23(24)25(19)20)28-21-9-5-10-22(16-21)30-17-18-6-2-1-3-7-18;1-5(2,3)4/h1-16H,17H2,(H3,27,28,29);1H3,(H,2,3,4). The van der Waals surface area contributed by atoms with Crippen LogP contribution in [0.3, 0.4) is 0 Å². The van der Waals surface area contributed by atoms with Crippen molar-refractivity contribution >= 4 is 50.4 Å². The predicted molar refractivity (Wildman–Crippen MR) is 142 cm³/mol. The lowest BCUT2D eigenvalue weighted by atomic mass is 10.0. The molecule has 178 valence electrons. The number of nitrogens with two attached hydrogens (primary N) is 1. The summed E-state index contributed by atoms with van der Waals surface area (Å²) in [4.78, 5) is 4.63. The molecule has 0 fully saturated rings. The largest absolute Gasteiger partial charge is 0.489 e. The minimum absolute atomic E-state index is 0.335. The molecule has 0 bridgehead atoms. The van der Waals surface area contributed by atoms with Gasteiger partial charge in [0.1, 0.15) is 12.4 Å². The molecule has 0 aromatic heterocycles. The molecular formula is C27H25N3O4S. The summed E-state index contributed by atoms with van der Waals surface area (Å²) in [6, 6.07) is 28.1. The number of guanidine groups is 1. The van der Waals surface area contributed by atoms with Crippen molar-refractivity contribution in [2.24, 2.45) is 10.7 Å². The Morgan fingerprint density at radius 3 is 2.37 bits per heavy atom. The van der Waals surface area contributed by atoms with Gasteiger partial charge in [-0.2, -0.15) is 8.42 Å². The van der Waals surface area contributed by atoms with Crippen molar-refractivity contribution in [3.63, 3.8) is 0 Å². The monoisotopic (exact) mass is 487 g/mol. The molecule has 0 saturated heterocycles. The van der Waals surface area contributed by atoms with E-state index in [4.69, 9.17) is 15.0 Å². The van der Waals surface area contributed by atoms with Gasteiger partial charge in [0.25, 0.3) is 10.1 Å². The van der Waals surface area contributed by atoms with Crippen molar-refractivity contribution < 1.29 is 17.7 Å². The van der Waals surface area contributed by atoms with Crippen LogP contribution in [0.1, 0.15) is 16.7 Å². The molecular weight excluding hydrogens is 462 g/mol. The molecule has 8 heteroatoms. The first kappa shape index (κ1) is 24.0. The number of anilines is 1. The van der Waals surface area contributed by atoms with Crippen LogP contribution < -0.4 is 15.8 Å². The number of hydrogen-bond acceptors (Lipinski definition) is 4. The van der Waals surface area contributed by atoms with E-state index in [2.05, 4.69) is 40.7 Å². The molecule has 0 unspecified atom stereocenters. The third kappa shape index (κ3) is 6.69. The van der Waals surface area contributed by atoms with E-state index in [1.807, 2.05) is 66.7 Å². The summed E-state index contributed by atoms with van der Waals surface area (Å²) < 4.78 is 31.8. The zero-order chi connectivity index (χ0) is 24.8. The summed E-state index contributed by atoms with van der Waals surface area (Å²) in [7, 11) is -3.67. The minimum atomic E-state index is -3.67. The fourth-order valence-electron chi connectivity index (χ4n) is 3.71. The maximum Gasteiger partial charge on any atom is 0.261 e. The van der Waals surface area contributed by atoms with Gasteiger partial charge in [-0.1, -0.05) is 72.8 Å². The highest BCUT2D eigenvalue weighted by atomic mass is 32.2. The van der Waals surface area contributed by atoms with E-state index in [-0.39, 0.29) is 0 Å². The Hall–Kier alpha value is -4.14. The summed E-state index contributed by atoms with van der Waals surface area (Å²) in [5, 5.41) is 5.49. The van der Waals surface area contributed by atoms with Crippen LogP contribution in [-0.4, -0.2) is 25.2 Å². The number of hydrogen-bond donors (Lipinski definition) is 3. The van der Waals surface area contributed by atoms with Crippen LogP contribution in [0, 0.1) is 0 Å². The van der Waals surface area contributed by atoms with E-state index in [1.54, 1.807) is 0 Å². The number of nitrogens with one attached hydrogen (secondary N) is 1. The molecule has 0 heterocycles. The molecule has 1 aliphatic rings. The summed E-state index contributed by atoms with van der Waals surface area (Å²) in [5.74, 6) is 1.11. The van der Waals surface area contributed by atoms with Crippen molar-refractivity contribution in [1.29, 1.82) is 0 Å². The van der Waals surface area contributed by atoms with Crippen LogP contribution in [-0.2, 0) is 16.7 Å². The molecule has 1 aliphatic carbocycles. The predicted octanol–water partition coefficient (Wildman–Crippen LogP) is 5.46. The summed E-state index contributed by atoms with van der Waals surface area (Å²) >= 11 is 0. The molecule has 5 rings (SSSR count). The molecule has 0 atom stereocenters. The first-order valence-corrected chi connectivity index (χ1v) is 12.7. The molecule has 0 amide bonds. The van der Waals surface area contributed by atoms with Gasteiger partial charge in [-0.25, -0.2) is 4.99 Å². The third-order valence-corrected chi connectivity index (χ3v) is 5.12. The van der Waals surface area contributed by atoms with E-state index in [9.17, 15) is 8.42 Å². The van der Waals surface area contributed by atoms with E-state index < -0.39 is 10.1 Å². The van der Waals surface area contributed by atoms with E-state index in [0.717, 1.165) is 28.1 Å². The molecule has 4 aromatic rings. The van der Waals surface area contributed by atoms with Gasteiger partial charge in [0, 0.05) is 17.1 Å². The second-order valence-corrected chi connectivity index (χ2v) is 9.40. The number of benzene rings is 4. The third-order valence-electron chi connectivity index (χ3n) is 5.12. The smallest absolute Gasteiger partial charge is 0.261 e.